The molecule has 41 heavy (non-hydrogen) atoms. The van der Waals surface area contributed by atoms with E-state index in [1.165, 1.54) is 18.8 Å². The average Bonchev–Trinajstić information content (AvgIpc) is 2.98. The van der Waals surface area contributed by atoms with Crippen LogP contribution in [0.15, 0.2) is 47.9 Å². The van der Waals surface area contributed by atoms with Crippen LogP contribution in [0.3, 0.4) is 0 Å². The number of anilines is 1. The molecule has 1 heterocycles. The number of rotatable bonds is 9. The molecule has 0 unspecified atom stereocenters. The van der Waals surface area contributed by atoms with Gasteiger partial charge in [0.05, 0.1) is 27.6 Å². The molecule has 0 aliphatic heterocycles. The van der Waals surface area contributed by atoms with Crippen molar-refractivity contribution in [2.75, 3.05) is 11.9 Å². The smallest absolute Gasteiger partial charge is 0.328 e. The number of benzene rings is 1. The Bertz CT molecular complexity index is 1310. The quantitative estimate of drug-likeness (QED) is 0.300. The molecule has 3 aliphatic carbocycles. The lowest BCUT2D eigenvalue weighted by molar-refractivity contribution is -0.146. The summed E-state index contributed by atoms with van der Waals surface area (Å²) in [6.07, 6.45) is 13.6. The lowest BCUT2D eigenvalue weighted by atomic mass is 9.55. The zero-order chi connectivity index (χ0) is 29.0. The topological polar surface area (TPSA) is 97.4 Å². The SMILES string of the molecule is CCOC(=O)[C@H](Cc1ccc(NC(=O)c2c(Cl)cncc2Cl)cc1)NC1=C(C2CCCCC2)C(=O)C12CCCCC2. The summed E-state index contributed by atoms with van der Waals surface area (Å²) < 4.78 is 5.48. The maximum atomic E-state index is 13.7. The number of hydrogen-bond acceptors (Lipinski definition) is 6. The highest BCUT2D eigenvalue weighted by Gasteiger charge is 2.55. The molecule has 0 saturated heterocycles. The van der Waals surface area contributed by atoms with E-state index in [4.69, 9.17) is 27.9 Å². The number of ketones is 1. The highest BCUT2D eigenvalue weighted by atomic mass is 35.5. The van der Waals surface area contributed by atoms with Crippen molar-refractivity contribution >= 4 is 46.5 Å². The molecule has 2 saturated carbocycles. The van der Waals surface area contributed by atoms with Crippen molar-refractivity contribution in [2.45, 2.75) is 83.6 Å². The number of nitrogens with zero attached hydrogens (tertiary/aromatic N) is 1. The number of nitrogens with one attached hydrogen (secondary N) is 2. The summed E-state index contributed by atoms with van der Waals surface area (Å²) in [5, 5.41) is 6.73. The fourth-order valence-corrected chi connectivity index (χ4v) is 7.24. The van der Waals surface area contributed by atoms with E-state index in [1.54, 1.807) is 19.1 Å². The van der Waals surface area contributed by atoms with Crippen molar-refractivity contribution < 1.29 is 19.1 Å². The largest absolute Gasteiger partial charge is 0.464 e. The molecule has 218 valence electrons. The Labute approximate surface area is 251 Å². The lowest BCUT2D eigenvalue weighted by Gasteiger charge is -2.50. The van der Waals surface area contributed by atoms with Crippen LogP contribution in [-0.2, 0) is 20.7 Å². The molecule has 3 aliphatic rings. The second-order valence-corrected chi connectivity index (χ2v) is 12.2. The van der Waals surface area contributed by atoms with E-state index >= 15 is 0 Å². The summed E-state index contributed by atoms with van der Waals surface area (Å²) >= 11 is 12.3. The van der Waals surface area contributed by atoms with Crippen LogP contribution in [0.4, 0.5) is 5.69 Å². The Kier molecular flexibility index (Phi) is 9.35. The highest BCUT2D eigenvalue weighted by molar-refractivity contribution is 6.40. The van der Waals surface area contributed by atoms with Gasteiger partial charge in [-0.1, -0.05) is 73.9 Å². The summed E-state index contributed by atoms with van der Waals surface area (Å²) in [5.41, 5.74) is 3.09. The van der Waals surface area contributed by atoms with E-state index in [0.29, 0.717) is 17.9 Å². The molecule has 0 radical (unpaired) electrons. The van der Waals surface area contributed by atoms with Crippen molar-refractivity contribution in [3.05, 3.63) is 69.1 Å². The van der Waals surface area contributed by atoms with Gasteiger partial charge in [0.25, 0.3) is 5.91 Å². The number of aromatic nitrogens is 1. The molecule has 1 aromatic heterocycles. The Hall–Kier alpha value is -2.90. The summed E-state index contributed by atoms with van der Waals surface area (Å²) in [4.78, 5) is 43.5. The first-order valence-electron chi connectivity index (χ1n) is 14.8. The molecular weight excluding hydrogens is 561 g/mol. The van der Waals surface area contributed by atoms with E-state index in [0.717, 1.165) is 74.6 Å². The Balaban J connectivity index is 1.36. The van der Waals surface area contributed by atoms with E-state index in [9.17, 15) is 14.4 Å². The summed E-state index contributed by atoms with van der Waals surface area (Å²) in [5.74, 6) is -0.174. The van der Waals surface area contributed by atoms with Crippen LogP contribution in [-0.4, -0.2) is 35.3 Å². The first kappa shape index (κ1) is 29.6. The predicted octanol–water partition coefficient (Wildman–Crippen LogP) is 7.07. The van der Waals surface area contributed by atoms with Gasteiger partial charge in [-0.15, -0.1) is 0 Å². The van der Waals surface area contributed by atoms with Crippen LogP contribution in [0.2, 0.25) is 10.0 Å². The minimum atomic E-state index is -0.620. The molecule has 1 spiro atoms. The average molecular weight is 599 g/mol. The molecular formula is C32H37Cl2N3O4. The maximum absolute atomic E-state index is 13.7. The molecule has 1 atom stereocenters. The zero-order valence-electron chi connectivity index (χ0n) is 23.4. The number of carbonyl (C=O) groups excluding carboxylic acids is 3. The van der Waals surface area contributed by atoms with E-state index in [2.05, 4.69) is 15.6 Å². The number of esters is 1. The molecule has 0 bridgehead atoms. The first-order valence-corrected chi connectivity index (χ1v) is 15.5. The fraction of sp³-hybridized carbons (Fsp3) is 0.500. The Morgan fingerprint density at radius 2 is 1.63 bits per heavy atom. The second-order valence-electron chi connectivity index (χ2n) is 11.4. The van der Waals surface area contributed by atoms with Crippen molar-refractivity contribution in [2.24, 2.45) is 11.3 Å². The molecule has 2 aromatic rings. The summed E-state index contributed by atoms with van der Waals surface area (Å²) in [6.45, 7) is 2.08. The Morgan fingerprint density at radius 3 is 2.27 bits per heavy atom. The van der Waals surface area contributed by atoms with Crippen LogP contribution >= 0.6 is 23.2 Å². The van der Waals surface area contributed by atoms with Gasteiger partial charge in [0.1, 0.15) is 6.04 Å². The highest BCUT2D eigenvalue weighted by Crippen LogP contribution is 2.55. The van der Waals surface area contributed by atoms with Gasteiger partial charge in [-0.2, -0.15) is 0 Å². The van der Waals surface area contributed by atoms with Crippen molar-refractivity contribution in [3.63, 3.8) is 0 Å². The summed E-state index contributed by atoms with van der Waals surface area (Å²) in [7, 11) is 0. The third-order valence-electron chi connectivity index (χ3n) is 8.77. The minimum absolute atomic E-state index is 0.160. The van der Waals surface area contributed by atoms with Gasteiger partial charge in [-0.3, -0.25) is 14.6 Å². The number of carbonyl (C=O) groups is 3. The number of ether oxygens (including phenoxy) is 1. The van der Waals surface area contributed by atoms with Crippen LogP contribution in [0.1, 0.15) is 87.1 Å². The molecule has 2 fully saturated rings. The van der Waals surface area contributed by atoms with Crippen LogP contribution in [0, 0.1) is 11.3 Å². The molecule has 5 rings (SSSR count). The molecule has 9 heteroatoms. The van der Waals surface area contributed by atoms with Gasteiger partial charge in [-0.25, -0.2) is 4.79 Å². The normalized spacial score (nSPS) is 19.4. The van der Waals surface area contributed by atoms with Crippen molar-refractivity contribution in [1.82, 2.24) is 10.3 Å². The van der Waals surface area contributed by atoms with Crippen molar-refractivity contribution in [3.8, 4) is 0 Å². The van der Waals surface area contributed by atoms with Gasteiger partial charge >= 0.3 is 5.97 Å². The van der Waals surface area contributed by atoms with E-state index < -0.39 is 17.4 Å². The third kappa shape index (κ3) is 6.17. The van der Waals surface area contributed by atoms with E-state index in [-0.39, 0.29) is 34.1 Å². The standard InChI is InChI=1S/C32H37Cl2N3O4/c1-2-41-31(40)25(17-20-11-13-22(14-12-20)36-30(39)27-23(33)18-35-19-24(27)34)37-28-26(21-9-5-3-6-10-21)29(38)32(28)15-7-4-8-16-32/h11-14,18-19,21,25,37H,2-10,15-17H2,1H3,(H,36,39)/t25-/m0/s1. The third-order valence-corrected chi connectivity index (χ3v) is 9.34. The van der Waals surface area contributed by atoms with Gasteiger partial charge in [-0.05, 0) is 56.2 Å². The van der Waals surface area contributed by atoms with Gasteiger partial charge in [0, 0.05) is 35.8 Å². The maximum Gasteiger partial charge on any atom is 0.328 e. The number of hydrogen-bond donors (Lipinski definition) is 2. The monoisotopic (exact) mass is 597 g/mol. The lowest BCUT2D eigenvalue weighted by Crippen LogP contribution is -2.56. The second kappa shape index (κ2) is 13.0. The number of allylic oxidation sites excluding steroid dienone is 2. The van der Waals surface area contributed by atoms with Crippen LogP contribution in [0.25, 0.3) is 0 Å². The number of pyridine rings is 1. The molecule has 1 amide bonds. The minimum Gasteiger partial charge on any atom is -0.464 e. The van der Waals surface area contributed by atoms with Crippen LogP contribution in [0.5, 0.6) is 0 Å². The zero-order valence-corrected chi connectivity index (χ0v) is 25.0. The molecule has 2 N–H and O–H groups in total. The predicted molar refractivity (Wildman–Crippen MR) is 160 cm³/mol. The van der Waals surface area contributed by atoms with Gasteiger partial charge in [0.15, 0.2) is 5.78 Å². The van der Waals surface area contributed by atoms with Gasteiger partial charge < -0.3 is 15.4 Å². The van der Waals surface area contributed by atoms with E-state index in [1.807, 2.05) is 12.1 Å². The Morgan fingerprint density at radius 1 is 1.00 bits per heavy atom. The van der Waals surface area contributed by atoms with Gasteiger partial charge in [0.2, 0.25) is 0 Å². The number of amides is 1. The van der Waals surface area contributed by atoms with Crippen LogP contribution < -0.4 is 10.6 Å². The summed E-state index contributed by atoms with van der Waals surface area (Å²) in [6, 6.07) is 6.68. The number of halogens is 2. The van der Waals surface area contributed by atoms with Crippen molar-refractivity contribution in [1.29, 1.82) is 0 Å². The fourth-order valence-electron chi connectivity index (χ4n) is 6.70. The molecule has 1 aromatic carbocycles. The number of Topliss-reactive ketones (excluding diaryl/α,β-unsaturated/α-hetero) is 1. The molecule has 7 nitrogen and oxygen atoms in total. The first-order chi connectivity index (χ1) is 19.8.